The molecule has 1 saturated carbocycles. The highest BCUT2D eigenvalue weighted by atomic mass is 16.6. The third-order valence-electron chi connectivity index (χ3n) is 5.80. The smallest absolute Gasteiger partial charge is 0.113 e. The molecule has 0 aliphatic heterocycles. The largest absolute Gasteiger partial charge is 0.388 e. The van der Waals surface area contributed by atoms with Gasteiger partial charge in [-0.2, -0.15) is 0 Å². The van der Waals surface area contributed by atoms with Gasteiger partial charge in [-0.05, 0) is 16.7 Å². The first kappa shape index (κ1) is 22.6. The molecule has 0 heterocycles. The van der Waals surface area contributed by atoms with Crippen molar-refractivity contribution in [3.05, 3.63) is 108 Å². The van der Waals surface area contributed by atoms with Crippen molar-refractivity contribution in [3.63, 3.8) is 0 Å². The highest BCUT2D eigenvalue weighted by Gasteiger charge is 2.45. The fourth-order valence-corrected chi connectivity index (χ4v) is 3.99. The van der Waals surface area contributed by atoms with Gasteiger partial charge in [-0.25, -0.2) is 0 Å². The summed E-state index contributed by atoms with van der Waals surface area (Å²) in [5.74, 6) is 0. The fourth-order valence-electron chi connectivity index (χ4n) is 3.99. The van der Waals surface area contributed by atoms with Crippen LogP contribution >= 0.6 is 0 Å². The summed E-state index contributed by atoms with van der Waals surface area (Å²) in [7, 11) is 0. The van der Waals surface area contributed by atoms with Crippen LogP contribution in [0, 0.1) is 0 Å². The molecule has 0 spiro atoms. The number of aliphatic hydroxyl groups is 2. The predicted octanol–water partition coefficient (Wildman–Crippen LogP) is 3.87. The van der Waals surface area contributed by atoms with E-state index in [1.165, 1.54) is 0 Å². The summed E-state index contributed by atoms with van der Waals surface area (Å²) in [6, 6.07) is 29.5. The van der Waals surface area contributed by atoms with Crippen LogP contribution in [0.2, 0.25) is 0 Å². The molecule has 32 heavy (non-hydrogen) atoms. The van der Waals surface area contributed by atoms with Crippen molar-refractivity contribution in [1.82, 2.24) is 0 Å². The third-order valence-corrected chi connectivity index (χ3v) is 5.80. The van der Waals surface area contributed by atoms with Crippen molar-refractivity contribution in [3.8, 4) is 0 Å². The summed E-state index contributed by atoms with van der Waals surface area (Å²) in [6.07, 6.45) is -3.38. The molecule has 2 N–H and O–H groups in total. The minimum absolute atomic E-state index is 0.329. The fraction of sp³-hybridized carbons (Fsp3) is 0.333. The molecule has 0 saturated heterocycles. The lowest BCUT2D eigenvalue weighted by Gasteiger charge is -2.42. The Bertz CT molecular complexity index is 919. The number of ether oxygens (including phenoxy) is 3. The molecule has 5 atom stereocenters. The number of aliphatic hydroxyl groups excluding tert-OH is 2. The Balaban J connectivity index is 1.44. The highest BCUT2D eigenvalue weighted by molar-refractivity contribution is 5.15. The zero-order chi connectivity index (χ0) is 22.2. The summed E-state index contributed by atoms with van der Waals surface area (Å²) in [6.45, 7) is 1.08. The van der Waals surface area contributed by atoms with Crippen molar-refractivity contribution in [2.45, 2.75) is 56.8 Å². The number of hydrogen-bond donors (Lipinski definition) is 2. The van der Waals surface area contributed by atoms with Crippen LogP contribution in [-0.2, 0) is 34.0 Å². The monoisotopic (exact) mass is 434 g/mol. The Morgan fingerprint density at radius 1 is 0.531 bits per heavy atom. The lowest BCUT2D eigenvalue weighted by atomic mass is 9.86. The van der Waals surface area contributed by atoms with Crippen LogP contribution in [-0.4, -0.2) is 40.7 Å². The summed E-state index contributed by atoms with van der Waals surface area (Å²) in [4.78, 5) is 0. The first-order valence-electron chi connectivity index (χ1n) is 11.0. The van der Waals surface area contributed by atoms with E-state index in [2.05, 4.69) is 0 Å². The van der Waals surface area contributed by atoms with Crippen LogP contribution in [0.25, 0.3) is 0 Å². The second kappa shape index (κ2) is 11.4. The molecule has 0 amide bonds. The van der Waals surface area contributed by atoms with Gasteiger partial charge in [0.2, 0.25) is 0 Å². The van der Waals surface area contributed by atoms with Crippen molar-refractivity contribution >= 4 is 0 Å². The lowest BCUT2D eigenvalue weighted by Crippen LogP contribution is -2.58. The Hall–Kier alpha value is -2.54. The molecule has 3 aromatic rings. The maximum Gasteiger partial charge on any atom is 0.113 e. The van der Waals surface area contributed by atoms with Gasteiger partial charge in [0, 0.05) is 6.42 Å². The van der Waals surface area contributed by atoms with Gasteiger partial charge in [0.25, 0.3) is 0 Å². The molecule has 1 fully saturated rings. The van der Waals surface area contributed by atoms with E-state index >= 15 is 0 Å². The van der Waals surface area contributed by atoms with Crippen molar-refractivity contribution < 1.29 is 24.4 Å². The van der Waals surface area contributed by atoms with E-state index in [9.17, 15) is 10.2 Å². The normalized spacial score (nSPS) is 25.5. The molecule has 3 aromatic carbocycles. The molecule has 5 nitrogen and oxygen atoms in total. The van der Waals surface area contributed by atoms with Gasteiger partial charge in [0.05, 0.1) is 32.0 Å². The topological polar surface area (TPSA) is 68.2 Å². The summed E-state index contributed by atoms with van der Waals surface area (Å²) in [5.41, 5.74) is 3.05. The van der Waals surface area contributed by atoms with Crippen molar-refractivity contribution in [2.24, 2.45) is 0 Å². The molecule has 1 aliphatic rings. The molecule has 1 aliphatic carbocycles. The predicted molar refractivity (Wildman–Crippen MR) is 122 cm³/mol. The van der Waals surface area contributed by atoms with Gasteiger partial charge in [-0.3, -0.25) is 0 Å². The van der Waals surface area contributed by atoms with Crippen molar-refractivity contribution in [1.29, 1.82) is 0 Å². The quantitative estimate of drug-likeness (QED) is 0.535. The highest BCUT2D eigenvalue weighted by Crippen LogP contribution is 2.29. The second-order valence-corrected chi connectivity index (χ2v) is 8.15. The van der Waals surface area contributed by atoms with Crippen LogP contribution in [0.5, 0.6) is 0 Å². The zero-order valence-corrected chi connectivity index (χ0v) is 18.0. The molecular weight excluding hydrogens is 404 g/mol. The SMILES string of the molecule is OC1[C@H](O)C(OCc2ccccc2)C[C@H](OCc2ccccc2)[C@H]1OCc1ccccc1. The van der Waals surface area contributed by atoms with Crippen LogP contribution in [0.4, 0.5) is 0 Å². The Morgan fingerprint density at radius 2 is 0.938 bits per heavy atom. The summed E-state index contributed by atoms with van der Waals surface area (Å²) >= 11 is 0. The van der Waals surface area contributed by atoms with E-state index in [0.29, 0.717) is 26.2 Å². The molecule has 2 unspecified atom stereocenters. The van der Waals surface area contributed by atoms with Crippen LogP contribution in [0.3, 0.4) is 0 Å². The minimum atomic E-state index is -1.12. The van der Waals surface area contributed by atoms with Crippen LogP contribution < -0.4 is 0 Å². The Labute approximate surface area is 189 Å². The van der Waals surface area contributed by atoms with Gasteiger partial charge < -0.3 is 24.4 Å². The zero-order valence-electron chi connectivity index (χ0n) is 18.0. The molecule has 0 bridgehead atoms. The standard InChI is InChI=1S/C27H30O5/c28-25-23(30-17-20-10-4-1-5-11-20)16-24(31-18-21-12-6-2-7-13-21)27(26(25)29)32-19-22-14-8-3-9-15-22/h1-15,23-29H,16-19H2/t23?,24-,25+,26?,27+/m0/s1. The molecular formula is C27H30O5. The average Bonchev–Trinajstić information content (AvgIpc) is 2.85. The molecule has 0 radical (unpaired) electrons. The summed E-state index contributed by atoms with van der Waals surface area (Å²) < 4.78 is 18.3. The third kappa shape index (κ3) is 6.03. The molecule has 0 aromatic heterocycles. The molecule has 5 heteroatoms. The van der Waals surface area contributed by atoms with Crippen molar-refractivity contribution in [2.75, 3.05) is 0 Å². The minimum Gasteiger partial charge on any atom is -0.388 e. The van der Waals surface area contributed by atoms with Crippen LogP contribution in [0.1, 0.15) is 23.1 Å². The van der Waals surface area contributed by atoms with E-state index in [1.807, 2.05) is 91.0 Å². The van der Waals surface area contributed by atoms with Gasteiger partial charge >= 0.3 is 0 Å². The average molecular weight is 435 g/mol. The Kier molecular flexibility index (Phi) is 8.04. The molecule has 168 valence electrons. The second-order valence-electron chi connectivity index (χ2n) is 8.15. The number of hydrogen-bond acceptors (Lipinski definition) is 5. The van der Waals surface area contributed by atoms with E-state index in [-0.39, 0.29) is 0 Å². The van der Waals surface area contributed by atoms with E-state index < -0.39 is 30.5 Å². The van der Waals surface area contributed by atoms with Gasteiger partial charge in [0.1, 0.15) is 18.3 Å². The van der Waals surface area contributed by atoms with Gasteiger partial charge in [0.15, 0.2) is 0 Å². The number of rotatable bonds is 9. The van der Waals surface area contributed by atoms with E-state index in [4.69, 9.17) is 14.2 Å². The van der Waals surface area contributed by atoms with Gasteiger partial charge in [-0.15, -0.1) is 0 Å². The van der Waals surface area contributed by atoms with Crippen LogP contribution in [0.15, 0.2) is 91.0 Å². The first-order chi connectivity index (χ1) is 15.7. The van der Waals surface area contributed by atoms with E-state index in [0.717, 1.165) is 16.7 Å². The first-order valence-corrected chi connectivity index (χ1v) is 11.0. The summed E-state index contributed by atoms with van der Waals surface area (Å²) in [5, 5.41) is 21.7. The van der Waals surface area contributed by atoms with E-state index in [1.54, 1.807) is 0 Å². The Morgan fingerprint density at radius 3 is 1.41 bits per heavy atom. The maximum atomic E-state index is 10.9. The number of benzene rings is 3. The maximum absolute atomic E-state index is 10.9. The van der Waals surface area contributed by atoms with Gasteiger partial charge in [-0.1, -0.05) is 91.0 Å². The molecule has 4 rings (SSSR count). The lowest BCUT2D eigenvalue weighted by molar-refractivity contribution is -0.221.